The van der Waals surface area contributed by atoms with Crippen molar-refractivity contribution >= 4 is 11.9 Å². The van der Waals surface area contributed by atoms with Crippen molar-refractivity contribution in [3.05, 3.63) is 30.0 Å². The molecule has 1 aromatic heterocycles. The topological polar surface area (TPSA) is 111 Å². The van der Waals surface area contributed by atoms with Gasteiger partial charge in [0.25, 0.3) is 5.91 Å². The summed E-state index contributed by atoms with van der Waals surface area (Å²) >= 11 is 0. The maximum atomic E-state index is 11.9. The number of hydrogen-bond acceptors (Lipinski definition) is 6. The van der Waals surface area contributed by atoms with Gasteiger partial charge in [-0.05, 0) is 18.2 Å². The maximum Gasteiger partial charge on any atom is 0.305 e. The number of methoxy groups -OCH3 is 2. The highest BCUT2D eigenvalue weighted by Gasteiger charge is 2.17. The van der Waals surface area contributed by atoms with Gasteiger partial charge in [-0.25, -0.2) is 0 Å². The number of carbonyl (C=O) groups is 2. The monoisotopic (exact) mass is 320 g/mol. The Labute approximate surface area is 132 Å². The molecule has 8 nitrogen and oxygen atoms in total. The summed E-state index contributed by atoms with van der Waals surface area (Å²) in [5, 5.41) is 14.7. The Morgan fingerprint density at radius 2 is 2.04 bits per heavy atom. The Morgan fingerprint density at radius 1 is 1.26 bits per heavy atom. The average Bonchev–Trinajstić information content (AvgIpc) is 3.03. The number of nitrogens with one attached hydrogen (secondary N) is 1. The van der Waals surface area contributed by atoms with E-state index in [0.29, 0.717) is 22.8 Å². The first kappa shape index (κ1) is 16.3. The molecule has 0 radical (unpaired) electrons. The molecule has 2 aromatic rings. The molecule has 0 aliphatic rings. The van der Waals surface area contributed by atoms with E-state index in [1.54, 1.807) is 18.2 Å². The molecule has 1 amide bonds. The van der Waals surface area contributed by atoms with Crippen LogP contribution in [-0.4, -0.2) is 42.9 Å². The van der Waals surface area contributed by atoms with Crippen molar-refractivity contribution < 1.29 is 28.7 Å². The molecule has 0 aliphatic heterocycles. The lowest BCUT2D eigenvalue weighted by atomic mass is 10.1. The van der Waals surface area contributed by atoms with E-state index in [-0.39, 0.29) is 18.7 Å². The highest BCUT2D eigenvalue weighted by Crippen LogP contribution is 2.33. The van der Waals surface area contributed by atoms with Gasteiger partial charge in [0.15, 0.2) is 11.5 Å². The van der Waals surface area contributed by atoms with Gasteiger partial charge in [-0.2, -0.15) is 0 Å². The first-order chi connectivity index (χ1) is 11.0. The van der Waals surface area contributed by atoms with Crippen LogP contribution in [0.5, 0.6) is 11.5 Å². The van der Waals surface area contributed by atoms with Crippen LogP contribution in [0.15, 0.2) is 28.8 Å². The van der Waals surface area contributed by atoms with Crippen LogP contribution in [0.25, 0.3) is 11.3 Å². The third-order valence-corrected chi connectivity index (χ3v) is 3.04. The Morgan fingerprint density at radius 3 is 2.70 bits per heavy atom. The van der Waals surface area contributed by atoms with Gasteiger partial charge in [-0.15, -0.1) is 0 Å². The van der Waals surface area contributed by atoms with Crippen LogP contribution in [-0.2, 0) is 4.79 Å². The molecule has 0 aliphatic carbocycles. The normalized spacial score (nSPS) is 10.2. The van der Waals surface area contributed by atoms with E-state index in [4.69, 9.17) is 19.1 Å². The molecule has 0 fully saturated rings. The number of carbonyl (C=O) groups excluding carboxylic acids is 1. The minimum atomic E-state index is -0.993. The summed E-state index contributed by atoms with van der Waals surface area (Å²) in [5.74, 6) is -0.0241. The summed E-state index contributed by atoms with van der Waals surface area (Å²) in [7, 11) is 3.05. The zero-order chi connectivity index (χ0) is 16.8. The smallest absolute Gasteiger partial charge is 0.305 e. The summed E-state index contributed by atoms with van der Waals surface area (Å²) in [5.41, 5.74) is 0.638. The zero-order valence-corrected chi connectivity index (χ0v) is 12.7. The molecule has 0 unspecified atom stereocenters. The standard InChI is InChI=1S/C15H16N2O6/c1-21-9-3-4-12(22-2)10(7-9)13-8-11(17-23-13)15(20)16-6-5-14(18)19/h3-4,7-8H,5-6H2,1-2H3,(H,16,20)(H,18,19). The number of ether oxygens (including phenoxy) is 2. The van der Waals surface area contributed by atoms with Crippen LogP contribution >= 0.6 is 0 Å². The predicted octanol–water partition coefficient (Wildman–Crippen LogP) is 1.56. The number of benzene rings is 1. The molecule has 0 saturated heterocycles. The third kappa shape index (κ3) is 4.00. The Hall–Kier alpha value is -3.03. The van der Waals surface area contributed by atoms with Gasteiger partial charge >= 0.3 is 5.97 Å². The van der Waals surface area contributed by atoms with Crippen LogP contribution in [0, 0.1) is 0 Å². The van der Waals surface area contributed by atoms with Crippen LogP contribution in [0.3, 0.4) is 0 Å². The molecule has 2 N–H and O–H groups in total. The van der Waals surface area contributed by atoms with E-state index in [1.165, 1.54) is 20.3 Å². The Kier molecular flexibility index (Phi) is 5.19. The number of aliphatic carboxylic acids is 1. The van der Waals surface area contributed by atoms with Gasteiger partial charge in [0.2, 0.25) is 0 Å². The molecule has 8 heteroatoms. The second-order valence-electron chi connectivity index (χ2n) is 4.54. The minimum Gasteiger partial charge on any atom is -0.497 e. The van der Waals surface area contributed by atoms with Gasteiger partial charge in [0, 0.05) is 12.6 Å². The number of carboxylic acid groups (broad SMARTS) is 1. The molecule has 2 rings (SSSR count). The molecular formula is C15H16N2O6. The van der Waals surface area contributed by atoms with Crippen molar-refractivity contribution in [2.24, 2.45) is 0 Å². The van der Waals surface area contributed by atoms with Crippen LogP contribution < -0.4 is 14.8 Å². The fourth-order valence-electron chi connectivity index (χ4n) is 1.89. The van der Waals surface area contributed by atoms with Gasteiger partial charge in [0.1, 0.15) is 11.5 Å². The van der Waals surface area contributed by atoms with E-state index >= 15 is 0 Å². The second-order valence-corrected chi connectivity index (χ2v) is 4.54. The molecular weight excluding hydrogens is 304 g/mol. The second kappa shape index (κ2) is 7.30. The van der Waals surface area contributed by atoms with Crippen molar-refractivity contribution in [3.8, 4) is 22.8 Å². The first-order valence-electron chi connectivity index (χ1n) is 6.74. The van der Waals surface area contributed by atoms with Crippen molar-refractivity contribution in [1.29, 1.82) is 0 Å². The number of carboxylic acids is 1. The lowest BCUT2D eigenvalue weighted by molar-refractivity contribution is -0.136. The molecule has 0 spiro atoms. The quantitative estimate of drug-likeness (QED) is 0.796. The number of amides is 1. The summed E-state index contributed by atoms with van der Waals surface area (Å²) in [6, 6.07) is 6.60. The van der Waals surface area contributed by atoms with E-state index < -0.39 is 11.9 Å². The number of rotatable bonds is 7. The lowest BCUT2D eigenvalue weighted by Crippen LogP contribution is -2.26. The number of hydrogen-bond donors (Lipinski definition) is 2. The van der Waals surface area contributed by atoms with Crippen molar-refractivity contribution in [3.63, 3.8) is 0 Å². The van der Waals surface area contributed by atoms with Gasteiger partial charge in [-0.3, -0.25) is 9.59 Å². The van der Waals surface area contributed by atoms with Crippen molar-refractivity contribution in [2.45, 2.75) is 6.42 Å². The highest BCUT2D eigenvalue weighted by molar-refractivity contribution is 5.93. The van der Waals surface area contributed by atoms with Crippen LogP contribution in [0.1, 0.15) is 16.9 Å². The lowest BCUT2D eigenvalue weighted by Gasteiger charge is -2.07. The number of nitrogens with zero attached hydrogens (tertiary/aromatic N) is 1. The first-order valence-corrected chi connectivity index (χ1v) is 6.74. The van der Waals surface area contributed by atoms with E-state index in [0.717, 1.165) is 0 Å². The fraction of sp³-hybridized carbons (Fsp3) is 0.267. The maximum absolute atomic E-state index is 11.9. The molecule has 1 aromatic carbocycles. The van der Waals surface area contributed by atoms with E-state index in [1.807, 2.05) is 0 Å². The molecule has 122 valence electrons. The van der Waals surface area contributed by atoms with Crippen molar-refractivity contribution in [2.75, 3.05) is 20.8 Å². The van der Waals surface area contributed by atoms with Gasteiger partial charge < -0.3 is 24.4 Å². The zero-order valence-electron chi connectivity index (χ0n) is 12.7. The molecule has 0 atom stereocenters. The van der Waals surface area contributed by atoms with Gasteiger partial charge in [0.05, 0.1) is 26.2 Å². The average molecular weight is 320 g/mol. The Balaban J connectivity index is 2.18. The molecule has 1 heterocycles. The van der Waals surface area contributed by atoms with Crippen molar-refractivity contribution in [1.82, 2.24) is 10.5 Å². The summed E-state index contributed by atoms with van der Waals surface area (Å²) in [4.78, 5) is 22.3. The van der Waals surface area contributed by atoms with E-state index in [9.17, 15) is 9.59 Å². The SMILES string of the molecule is COc1ccc(OC)c(-c2cc(C(=O)NCCC(=O)O)no2)c1. The van der Waals surface area contributed by atoms with Gasteiger partial charge in [-0.1, -0.05) is 5.16 Å². The summed E-state index contributed by atoms with van der Waals surface area (Å²) < 4.78 is 15.6. The molecule has 0 saturated carbocycles. The van der Waals surface area contributed by atoms with Crippen LogP contribution in [0.4, 0.5) is 0 Å². The summed E-state index contributed by atoms with van der Waals surface area (Å²) in [6.45, 7) is 0.0127. The highest BCUT2D eigenvalue weighted by atomic mass is 16.5. The summed E-state index contributed by atoms with van der Waals surface area (Å²) in [6.07, 6.45) is -0.167. The van der Waals surface area contributed by atoms with E-state index in [2.05, 4.69) is 10.5 Å². The number of aromatic nitrogens is 1. The molecule has 0 bridgehead atoms. The predicted molar refractivity (Wildman–Crippen MR) is 79.6 cm³/mol. The minimum absolute atomic E-state index is 0.0127. The third-order valence-electron chi connectivity index (χ3n) is 3.04. The van der Waals surface area contributed by atoms with Crippen LogP contribution in [0.2, 0.25) is 0 Å². The largest absolute Gasteiger partial charge is 0.497 e. The molecule has 23 heavy (non-hydrogen) atoms. The Bertz CT molecular complexity index is 710. The fourth-order valence-corrected chi connectivity index (χ4v) is 1.89.